The lowest BCUT2D eigenvalue weighted by Gasteiger charge is -2.14. The highest BCUT2D eigenvalue weighted by Crippen LogP contribution is 2.38. The van der Waals surface area contributed by atoms with Crippen molar-refractivity contribution in [3.8, 4) is 28.7 Å². The second kappa shape index (κ2) is 26.9. The van der Waals surface area contributed by atoms with Crippen LogP contribution in [0.5, 0.6) is 28.7 Å². The number of benzene rings is 6. The molecule has 0 unspecified atom stereocenters. The van der Waals surface area contributed by atoms with Gasteiger partial charge in [0, 0.05) is 42.0 Å². The molecule has 1 heterocycles. The Hall–Kier alpha value is -7.84. The van der Waals surface area contributed by atoms with Gasteiger partial charge in [-0.15, -0.1) is 0 Å². The van der Waals surface area contributed by atoms with Crippen molar-refractivity contribution in [2.45, 2.75) is 71.1 Å². The Morgan fingerprint density at radius 3 is 1.56 bits per heavy atom. The molecule has 0 spiro atoms. The van der Waals surface area contributed by atoms with Crippen molar-refractivity contribution in [3.05, 3.63) is 140 Å². The number of fused-ring (bicyclic) bond motifs is 7. The van der Waals surface area contributed by atoms with Gasteiger partial charge in [0.1, 0.15) is 35.4 Å². The highest BCUT2D eigenvalue weighted by molar-refractivity contribution is 6.24. The Morgan fingerprint density at radius 2 is 0.986 bits per heavy atom. The maximum atomic E-state index is 13.5. The van der Waals surface area contributed by atoms with Gasteiger partial charge in [0.2, 0.25) is 0 Å². The Kier molecular flexibility index (Phi) is 19.5. The number of carbonyl (C=O) groups excluding carboxylic acids is 4. The Labute approximate surface area is 418 Å². The Bertz CT molecular complexity index is 2990. The first-order chi connectivity index (χ1) is 35.2. The van der Waals surface area contributed by atoms with E-state index in [1.807, 2.05) is 67.6 Å². The fourth-order valence-corrected chi connectivity index (χ4v) is 7.89. The molecule has 1 aromatic heterocycles. The summed E-state index contributed by atoms with van der Waals surface area (Å²) in [6, 6.07) is 31.0. The molecule has 0 fully saturated rings. The summed E-state index contributed by atoms with van der Waals surface area (Å²) in [4.78, 5) is 59.3. The second-order valence-corrected chi connectivity index (χ2v) is 16.8. The molecule has 14 heteroatoms. The van der Waals surface area contributed by atoms with E-state index >= 15 is 0 Å². The van der Waals surface area contributed by atoms with E-state index in [1.165, 1.54) is 6.08 Å². The Balaban J connectivity index is 1.02. The summed E-state index contributed by atoms with van der Waals surface area (Å²) >= 11 is 0. The molecule has 14 nitrogen and oxygen atoms in total. The van der Waals surface area contributed by atoms with Crippen molar-refractivity contribution in [1.82, 2.24) is 9.97 Å². The van der Waals surface area contributed by atoms with Crippen LogP contribution in [-0.4, -0.2) is 80.1 Å². The van der Waals surface area contributed by atoms with Gasteiger partial charge in [0.15, 0.2) is 0 Å². The van der Waals surface area contributed by atoms with Crippen LogP contribution >= 0.6 is 0 Å². The lowest BCUT2D eigenvalue weighted by molar-refractivity contribution is -0.138. The predicted octanol–water partition coefficient (Wildman–Crippen LogP) is 11.6. The summed E-state index contributed by atoms with van der Waals surface area (Å²) < 4.78 is 45.1. The van der Waals surface area contributed by atoms with Crippen LogP contribution in [0.25, 0.3) is 43.6 Å². The first-order valence-electron chi connectivity index (χ1n) is 24.5. The van der Waals surface area contributed by atoms with E-state index in [4.69, 9.17) is 47.9 Å². The maximum absolute atomic E-state index is 13.5. The summed E-state index contributed by atoms with van der Waals surface area (Å²) in [5.74, 6) is 0.988. The lowest BCUT2D eigenvalue weighted by atomic mass is 9.98. The molecule has 0 N–H and O–H groups in total. The van der Waals surface area contributed by atoms with E-state index in [0.717, 1.165) is 90.3 Å². The average Bonchev–Trinajstić information content (AvgIpc) is 3.40. The second-order valence-electron chi connectivity index (χ2n) is 16.8. The number of ether oxygens (including phenoxy) is 8. The molecule has 0 saturated heterocycles. The van der Waals surface area contributed by atoms with Crippen molar-refractivity contribution in [1.29, 1.82) is 0 Å². The highest BCUT2D eigenvalue weighted by Gasteiger charge is 2.18. The van der Waals surface area contributed by atoms with Crippen LogP contribution in [0, 0.1) is 0 Å². The zero-order valence-electron chi connectivity index (χ0n) is 40.7. The molecule has 0 aliphatic rings. The first-order valence-corrected chi connectivity index (χ1v) is 24.5. The largest absolute Gasteiger partial charge is 0.494 e. The zero-order chi connectivity index (χ0) is 50.5. The SMILES string of the molecule is C=CC(=O)OCCCCCCOc1ccc(CCC(=O)Oc2ccc3c4ccc(OC(=O)c5ccc(OCCCCCCOC(=O)C=C)cc5)cc4c4nc5ccc(OCCOCC)cc5nc4c3c2)cc1. The number of aromatic nitrogens is 2. The minimum Gasteiger partial charge on any atom is -0.494 e. The fourth-order valence-electron chi connectivity index (χ4n) is 7.89. The van der Waals surface area contributed by atoms with E-state index in [2.05, 4.69) is 13.2 Å². The quantitative estimate of drug-likeness (QED) is 0.0108. The number of hydrogen-bond donors (Lipinski definition) is 0. The summed E-state index contributed by atoms with van der Waals surface area (Å²) in [7, 11) is 0. The normalized spacial score (nSPS) is 11.1. The van der Waals surface area contributed by atoms with Crippen LogP contribution < -0.4 is 23.7 Å². The van der Waals surface area contributed by atoms with Gasteiger partial charge >= 0.3 is 23.9 Å². The molecule has 374 valence electrons. The van der Waals surface area contributed by atoms with E-state index in [-0.39, 0.29) is 12.4 Å². The van der Waals surface area contributed by atoms with Crippen LogP contribution in [0.2, 0.25) is 0 Å². The van der Waals surface area contributed by atoms with Gasteiger partial charge in [-0.1, -0.05) is 25.3 Å². The third-order valence-corrected chi connectivity index (χ3v) is 11.6. The van der Waals surface area contributed by atoms with E-state index in [0.29, 0.717) is 103 Å². The molecule has 72 heavy (non-hydrogen) atoms. The van der Waals surface area contributed by atoms with Gasteiger partial charge in [-0.2, -0.15) is 0 Å². The molecule has 0 amide bonds. The van der Waals surface area contributed by atoms with E-state index in [1.54, 1.807) is 42.5 Å². The molecule has 7 rings (SSSR count). The first kappa shape index (κ1) is 52.0. The van der Waals surface area contributed by atoms with E-state index < -0.39 is 17.9 Å². The number of nitrogens with zero attached hydrogens (tertiary/aromatic N) is 2. The zero-order valence-corrected chi connectivity index (χ0v) is 40.7. The smallest absolute Gasteiger partial charge is 0.343 e. The number of carbonyl (C=O) groups is 4. The number of hydrogen-bond acceptors (Lipinski definition) is 14. The maximum Gasteiger partial charge on any atom is 0.343 e. The molecule has 0 saturated carbocycles. The molecular formula is C58H60N2O12. The number of unbranched alkanes of at least 4 members (excludes halogenated alkanes) is 6. The van der Waals surface area contributed by atoms with Gasteiger partial charge < -0.3 is 37.9 Å². The molecular weight excluding hydrogens is 917 g/mol. The van der Waals surface area contributed by atoms with Crippen LogP contribution in [0.1, 0.15) is 80.6 Å². The monoisotopic (exact) mass is 976 g/mol. The average molecular weight is 977 g/mol. The predicted molar refractivity (Wildman–Crippen MR) is 276 cm³/mol. The highest BCUT2D eigenvalue weighted by atomic mass is 16.5. The third-order valence-electron chi connectivity index (χ3n) is 11.6. The molecule has 0 aliphatic heterocycles. The molecule has 0 radical (unpaired) electrons. The summed E-state index contributed by atoms with van der Waals surface area (Å²) in [5, 5.41) is 3.13. The van der Waals surface area contributed by atoms with Crippen LogP contribution in [0.3, 0.4) is 0 Å². The molecule has 0 aliphatic carbocycles. The van der Waals surface area contributed by atoms with E-state index in [9.17, 15) is 19.2 Å². The van der Waals surface area contributed by atoms with Crippen LogP contribution in [-0.2, 0) is 35.0 Å². The molecule has 0 atom stereocenters. The molecule has 6 aromatic carbocycles. The minimum absolute atomic E-state index is 0.162. The lowest BCUT2D eigenvalue weighted by Crippen LogP contribution is -2.09. The van der Waals surface area contributed by atoms with Gasteiger partial charge in [0.05, 0.1) is 60.7 Å². The third kappa shape index (κ3) is 15.1. The van der Waals surface area contributed by atoms with Crippen molar-refractivity contribution >= 4 is 67.5 Å². The molecule has 0 bridgehead atoms. The molecule has 7 aromatic rings. The summed E-state index contributed by atoms with van der Waals surface area (Å²) in [6.07, 6.45) is 10.0. The van der Waals surface area contributed by atoms with Crippen molar-refractivity contribution in [2.24, 2.45) is 0 Å². The van der Waals surface area contributed by atoms with Gasteiger partial charge in [-0.3, -0.25) is 4.79 Å². The van der Waals surface area contributed by atoms with Crippen LogP contribution in [0.4, 0.5) is 0 Å². The van der Waals surface area contributed by atoms with Gasteiger partial charge in [0.25, 0.3) is 0 Å². The number of aryl methyl sites for hydroxylation is 1. The van der Waals surface area contributed by atoms with Crippen molar-refractivity contribution in [3.63, 3.8) is 0 Å². The number of rotatable bonds is 29. The summed E-state index contributed by atoms with van der Waals surface area (Å²) in [6.45, 7) is 12.0. The number of esters is 4. The summed E-state index contributed by atoms with van der Waals surface area (Å²) in [5.41, 5.74) is 3.72. The van der Waals surface area contributed by atoms with Crippen LogP contribution in [0.15, 0.2) is 128 Å². The standard InChI is InChI=1S/C58H60N2O12/c1-4-53(61)69-33-13-9-7-11-31-66-42-20-15-40(16-21-42)17-30-55(63)71-45-24-27-47-48-28-25-46(72-58(64)41-18-22-43(23-19-41)67-32-12-8-10-14-34-70-54(62)5-2)38-50(48)56-57(49(47)37-45)60-52-39-44(26-29-51(52)59-56)68-36-35-65-6-3/h4-5,15-16,18-29,37-39H,1-2,6-14,17,30-36H2,3H3. The van der Waals surface area contributed by atoms with Gasteiger partial charge in [-0.25, -0.2) is 24.4 Å². The van der Waals surface area contributed by atoms with Gasteiger partial charge in [-0.05, 0) is 166 Å². The minimum atomic E-state index is -0.532. The Morgan fingerprint density at radius 1 is 0.486 bits per heavy atom. The fraction of sp³-hybridized carbons (Fsp3) is 0.310. The van der Waals surface area contributed by atoms with Crippen molar-refractivity contribution in [2.75, 3.05) is 46.2 Å². The topological polar surface area (TPSA) is 168 Å². The van der Waals surface area contributed by atoms with Crippen molar-refractivity contribution < 1.29 is 57.1 Å².